The van der Waals surface area contributed by atoms with E-state index in [1.54, 1.807) is 0 Å². The molecular formula is C20H21NO3. The number of esters is 1. The van der Waals surface area contributed by atoms with Crippen LogP contribution in [0.4, 0.5) is 0 Å². The monoisotopic (exact) mass is 323 g/mol. The third-order valence-electron chi connectivity index (χ3n) is 3.99. The fourth-order valence-electron chi connectivity index (χ4n) is 2.70. The van der Waals surface area contributed by atoms with Crippen LogP contribution in [0.3, 0.4) is 0 Å². The molecule has 2 aromatic carbocycles. The van der Waals surface area contributed by atoms with Gasteiger partial charge in [0.2, 0.25) is 0 Å². The van der Waals surface area contributed by atoms with Crippen molar-refractivity contribution in [2.75, 3.05) is 6.61 Å². The smallest absolute Gasteiger partial charge is 0.329 e. The van der Waals surface area contributed by atoms with Crippen molar-refractivity contribution in [3.05, 3.63) is 66.4 Å². The first kappa shape index (κ1) is 16.1. The summed E-state index contributed by atoms with van der Waals surface area (Å²) >= 11 is 0. The first-order valence-electron chi connectivity index (χ1n) is 8.13. The molecule has 3 aromatic rings. The van der Waals surface area contributed by atoms with E-state index in [0.29, 0.717) is 6.61 Å². The number of ether oxygens (including phenoxy) is 2. The summed E-state index contributed by atoms with van der Waals surface area (Å²) in [5.74, 6) is 0.590. The molecular weight excluding hydrogens is 302 g/mol. The van der Waals surface area contributed by atoms with Gasteiger partial charge in [-0.1, -0.05) is 30.3 Å². The molecule has 3 rings (SSSR count). The maximum Gasteiger partial charge on any atom is 0.329 e. The van der Waals surface area contributed by atoms with Gasteiger partial charge in [0.25, 0.3) is 0 Å². The molecule has 0 saturated carbocycles. The zero-order valence-corrected chi connectivity index (χ0v) is 13.9. The first-order chi connectivity index (χ1) is 11.7. The lowest BCUT2D eigenvalue weighted by atomic mass is 10.2. The van der Waals surface area contributed by atoms with Crippen LogP contribution < -0.4 is 4.74 Å². The average molecular weight is 323 g/mol. The van der Waals surface area contributed by atoms with E-state index < -0.39 is 0 Å². The lowest BCUT2D eigenvalue weighted by molar-refractivity contribution is -0.148. The van der Waals surface area contributed by atoms with Crippen molar-refractivity contribution in [3.63, 3.8) is 0 Å². The number of fused-ring (bicyclic) bond motifs is 1. The summed E-state index contributed by atoms with van der Waals surface area (Å²) in [6.45, 7) is 4.73. The molecule has 24 heavy (non-hydrogen) atoms. The number of carbonyl (C=O) groups is 1. The highest BCUT2D eigenvalue weighted by Crippen LogP contribution is 2.25. The molecule has 124 valence electrons. The standard InChI is InChI=1S/C20H21NO3/c1-3-23-18-9-10-19-17(13-18)11-12-21(19)15(2)20(22)24-14-16-7-5-4-6-8-16/h4-13,15H,3,14H2,1-2H3. The van der Waals surface area contributed by atoms with E-state index in [9.17, 15) is 4.79 Å². The van der Waals surface area contributed by atoms with Crippen LogP contribution in [0.1, 0.15) is 25.5 Å². The summed E-state index contributed by atoms with van der Waals surface area (Å²) in [5, 5.41) is 1.05. The molecule has 0 radical (unpaired) electrons. The van der Waals surface area contributed by atoms with Gasteiger partial charge in [-0.2, -0.15) is 0 Å². The molecule has 1 heterocycles. The number of hydrogen-bond donors (Lipinski definition) is 0. The molecule has 1 aromatic heterocycles. The summed E-state index contributed by atoms with van der Waals surface area (Å²) in [4.78, 5) is 12.4. The van der Waals surface area contributed by atoms with Gasteiger partial charge in [0, 0.05) is 17.1 Å². The van der Waals surface area contributed by atoms with Crippen LogP contribution >= 0.6 is 0 Å². The number of hydrogen-bond acceptors (Lipinski definition) is 3. The molecule has 0 spiro atoms. The number of rotatable bonds is 6. The Balaban J connectivity index is 1.73. The Morgan fingerprint density at radius 2 is 1.92 bits per heavy atom. The molecule has 1 atom stereocenters. The minimum absolute atomic E-state index is 0.245. The van der Waals surface area contributed by atoms with Crippen molar-refractivity contribution in [1.82, 2.24) is 4.57 Å². The molecule has 0 saturated heterocycles. The van der Waals surface area contributed by atoms with Crippen LogP contribution in [0.25, 0.3) is 10.9 Å². The SMILES string of the molecule is CCOc1ccc2c(ccn2C(C)C(=O)OCc2ccccc2)c1. The van der Waals surface area contributed by atoms with E-state index in [1.165, 1.54) is 0 Å². The Kier molecular flexibility index (Phi) is 4.85. The summed E-state index contributed by atoms with van der Waals surface area (Å²) in [5.41, 5.74) is 1.97. The van der Waals surface area contributed by atoms with Gasteiger partial charge in [-0.25, -0.2) is 4.79 Å². The van der Waals surface area contributed by atoms with E-state index in [-0.39, 0.29) is 18.6 Å². The van der Waals surface area contributed by atoms with Crippen molar-refractivity contribution in [2.24, 2.45) is 0 Å². The van der Waals surface area contributed by atoms with Gasteiger partial charge in [-0.15, -0.1) is 0 Å². The molecule has 0 aliphatic carbocycles. The average Bonchev–Trinajstić information content (AvgIpc) is 3.03. The maximum atomic E-state index is 12.4. The fraction of sp³-hybridized carbons (Fsp3) is 0.250. The molecule has 0 amide bonds. The second-order valence-corrected chi connectivity index (χ2v) is 5.65. The summed E-state index contributed by atoms with van der Waals surface area (Å²) < 4.78 is 12.9. The fourth-order valence-corrected chi connectivity index (χ4v) is 2.70. The lowest BCUT2D eigenvalue weighted by Crippen LogP contribution is -2.18. The third kappa shape index (κ3) is 3.43. The van der Waals surface area contributed by atoms with Gasteiger partial charge in [-0.05, 0) is 43.7 Å². The van der Waals surface area contributed by atoms with Crippen molar-refractivity contribution in [3.8, 4) is 5.75 Å². The summed E-state index contributed by atoms with van der Waals surface area (Å²) in [6.07, 6.45) is 1.91. The number of carbonyl (C=O) groups excluding carboxylic acids is 1. The highest BCUT2D eigenvalue weighted by molar-refractivity contribution is 5.84. The molecule has 0 aliphatic rings. The molecule has 4 nitrogen and oxygen atoms in total. The molecule has 4 heteroatoms. The predicted molar refractivity (Wildman–Crippen MR) is 94.1 cm³/mol. The molecule has 0 N–H and O–H groups in total. The normalized spacial score (nSPS) is 12.1. The van der Waals surface area contributed by atoms with E-state index >= 15 is 0 Å². The Hall–Kier alpha value is -2.75. The predicted octanol–water partition coefficient (Wildman–Crippen LogP) is 4.34. The van der Waals surface area contributed by atoms with Crippen LogP contribution in [0.15, 0.2) is 60.8 Å². The van der Waals surface area contributed by atoms with Crippen LogP contribution in [-0.4, -0.2) is 17.1 Å². The highest BCUT2D eigenvalue weighted by Gasteiger charge is 2.18. The Bertz CT molecular complexity index is 823. The highest BCUT2D eigenvalue weighted by atomic mass is 16.5. The lowest BCUT2D eigenvalue weighted by Gasteiger charge is -2.15. The van der Waals surface area contributed by atoms with E-state index in [0.717, 1.165) is 22.2 Å². The Morgan fingerprint density at radius 1 is 1.12 bits per heavy atom. The van der Waals surface area contributed by atoms with Crippen LogP contribution in [0.2, 0.25) is 0 Å². The number of aromatic nitrogens is 1. The quantitative estimate of drug-likeness (QED) is 0.633. The van der Waals surface area contributed by atoms with Crippen LogP contribution in [0, 0.1) is 0 Å². The maximum absolute atomic E-state index is 12.4. The first-order valence-corrected chi connectivity index (χ1v) is 8.13. The van der Waals surface area contributed by atoms with Crippen molar-refractivity contribution >= 4 is 16.9 Å². The Morgan fingerprint density at radius 3 is 2.67 bits per heavy atom. The van der Waals surface area contributed by atoms with Crippen molar-refractivity contribution in [1.29, 1.82) is 0 Å². The van der Waals surface area contributed by atoms with Crippen molar-refractivity contribution < 1.29 is 14.3 Å². The van der Waals surface area contributed by atoms with Gasteiger partial charge in [0.15, 0.2) is 0 Å². The second-order valence-electron chi connectivity index (χ2n) is 5.65. The largest absolute Gasteiger partial charge is 0.494 e. The molecule has 0 bridgehead atoms. The Labute approximate surface area is 141 Å². The topological polar surface area (TPSA) is 40.5 Å². The van der Waals surface area contributed by atoms with E-state index in [2.05, 4.69) is 0 Å². The van der Waals surface area contributed by atoms with Crippen molar-refractivity contribution in [2.45, 2.75) is 26.5 Å². The molecule has 0 fully saturated rings. The van der Waals surface area contributed by atoms with Crippen LogP contribution in [-0.2, 0) is 16.1 Å². The van der Waals surface area contributed by atoms with E-state index in [1.807, 2.05) is 79.2 Å². The van der Waals surface area contributed by atoms with Gasteiger partial charge in [-0.3, -0.25) is 0 Å². The third-order valence-corrected chi connectivity index (χ3v) is 3.99. The zero-order chi connectivity index (χ0) is 16.9. The van der Waals surface area contributed by atoms with E-state index in [4.69, 9.17) is 9.47 Å². The van der Waals surface area contributed by atoms with Gasteiger partial charge in [0.05, 0.1) is 6.61 Å². The molecule has 1 unspecified atom stereocenters. The zero-order valence-electron chi connectivity index (χ0n) is 13.9. The number of nitrogens with zero attached hydrogens (tertiary/aromatic N) is 1. The summed E-state index contributed by atoms with van der Waals surface area (Å²) in [6, 6.07) is 17.2. The van der Waals surface area contributed by atoms with Crippen LogP contribution in [0.5, 0.6) is 5.75 Å². The minimum atomic E-state index is -0.385. The van der Waals surface area contributed by atoms with Gasteiger partial charge in [0.1, 0.15) is 18.4 Å². The minimum Gasteiger partial charge on any atom is -0.494 e. The second kappa shape index (κ2) is 7.21. The number of benzene rings is 2. The van der Waals surface area contributed by atoms with Gasteiger partial charge < -0.3 is 14.0 Å². The molecule has 0 aliphatic heterocycles. The van der Waals surface area contributed by atoms with Gasteiger partial charge >= 0.3 is 5.97 Å². The summed E-state index contributed by atoms with van der Waals surface area (Å²) in [7, 11) is 0.